The molecule has 0 spiro atoms. The van der Waals surface area contributed by atoms with E-state index in [1.54, 1.807) is 39.9 Å². The molecule has 1 saturated heterocycles. The van der Waals surface area contributed by atoms with Crippen LogP contribution >= 0.6 is 0 Å². The number of alkyl carbamates (subject to hydrolysis) is 1. The van der Waals surface area contributed by atoms with Gasteiger partial charge in [-0.1, -0.05) is 66.7 Å². The molecule has 0 radical (unpaired) electrons. The number of aliphatic hydroxyl groups excluding tert-OH is 1. The van der Waals surface area contributed by atoms with Gasteiger partial charge < -0.3 is 34.3 Å². The van der Waals surface area contributed by atoms with Gasteiger partial charge in [0, 0.05) is 17.7 Å². The summed E-state index contributed by atoms with van der Waals surface area (Å²) in [5.74, 6) is 0.896. The molecule has 2 amide bonds. The minimum absolute atomic E-state index is 0.0836. The SMILES string of the molecule is COc1ccccc1C(OCC1CC(O)CN1C(=O)CNC(=O)OC(C)(C)C)(c1ccccc1)c1ccccc1OC. The van der Waals surface area contributed by atoms with Gasteiger partial charge in [0.1, 0.15) is 23.6 Å². The number of hydrogen-bond donors (Lipinski definition) is 2. The molecular weight excluding hydrogens is 536 g/mol. The summed E-state index contributed by atoms with van der Waals surface area (Å²) in [5, 5.41) is 13.1. The maximum absolute atomic E-state index is 13.3. The normalized spacial score (nSPS) is 17.0. The molecule has 9 heteroatoms. The quantitative estimate of drug-likeness (QED) is 0.343. The van der Waals surface area contributed by atoms with Crippen molar-refractivity contribution >= 4 is 12.0 Å². The Balaban J connectivity index is 1.72. The molecular formula is C33H40N2O7. The molecule has 0 saturated carbocycles. The average molecular weight is 577 g/mol. The highest BCUT2D eigenvalue weighted by molar-refractivity contribution is 5.82. The molecule has 42 heavy (non-hydrogen) atoms. The average Bonchev–Trinajstić information content (AvgIpc) is 3.36. The number of β-amino-alcohol motifs (C(OH)–C–C–N with tert-alkyl or cyclic N) is 1. The van der Waals surface area contributed by atoms with Gasteiger partial charge in [-0.05, 0) is 44.9 Å². The minimum atomic E-state index is -1.20. The number of carbonyl (C=O) groups excluding carboxylic acids is 2. The lowest BCUT2D eigenvalue weighted by Gasteiger charge is -2.39. The van der Waals surface area contributed by atoms with Gasteiger partial charge >= 0.3 is 6.09 Å². The first-order valence-corrected chi connectivity index (χ1v) is 14.0. The van der Waals surface area contributed by atoms with Crippen LogP contribution in [0.3, 0.4) is 0 Å². The van der Waals surface area contributed by atoms with E-state index in [1.807, 2.05) is 78.9 Å². The van der Waals surface area contributed by atoms with Crippen LogP contribution < -0.4 is 14.8 Å². The standard InChI is InChI=1S/C33H40N2O7/c1-32(2,3)42-31(38)34-20-30(37)35-21-25(36)19-24(35)22-41-33(23-13-7-6-8-14-23,26-15-9-11-17-28(26)39-4)27-16-10-12-18-29(27)40-5/h6-18,24-25,36H,19-22H2,1-5H3,(H,34,38). The number of likely N-dealkylation sites (tertiary alicyclic amines) is 1. The van der Waals surface area contributed by atoms with E-state index in [-0.39, 0.29) is 25.6 Å². The smallest absolute Gasteiger partial charge is 0.408 e. The molecule has 4 rings (SSSR count). The van der Waals surface area contributed by atoms with Gasteiger partial charge in [-0.3, -0.25) is 4.79 Å². The number of nitrogens with zero attached hydrogens (tertiary/aromatic N) is 1. The molecule has 1 fully saturated rings. The van der Waals surface area contributed by atoms with E-state index < -0.39 is 29.4 Å². The van der Waals surface area contributed by atoms with Crippen LogP contribution in [-0.2, 0) is 19.9 Å². The number of hydrogen-bond acceptors (Lipinski definition) is 7. The zero-order chi connectivity index (χ0) is 30.3. The summed E-state index contributed by atoms with van der Waals surface area (Å²) in [6, 6.07) is 24.6. The first kappa shape index (κ1) is 30.9. The molecule has 224 valence electrons. The summed E-state index contributed by atoms with van der Waals surface area (Å²) in [7, 11) is 3.23. The van der Waals surface area contributed by atoms with Crippen LogP contribution in [0.4, 0.5) is 4.79 Å². The summed E-state index contributed by atoms with van der Waals surface area (Å²) in [4.78, 5) is 27.0. The van der Waals surface area contributed by atoms with Crippen molar-refractivity contribution in [2.45, 2.75) is 50.5 Å². The predicted molar refractivity (Wildman–Crippen MR) is 159 cm³/mol. The Labute approximate surface area is 247 Å². The number of amides is 2. The summed E-state index contributed by atoms with van der Waals surface area (Å²) in [5.41, 5.74) is 0.460. The van der Waals surface area contributed by atoms with E-state index in [2.05, 4.69) is 5.32 Å². The van der Waals surface area contributed by atoms with Crippen molar-refractivity contribution in [3.63, 3.8) is 0 Å². The Kier molecular flexibility index (Phi) is 9.75. The molecule has 0 bridgehead atoms. The molecule has 1 aliphatic heterocycles. The molecule has 1 heterocycles. The third-order valence-corrected chi connectivity index (χ3v) is 7.14. The number of ether oxygens (including phenoxy) is 4. The fourth-order valence-corrected chi connectivity index (χ4v) is 5.38. The van der Waals surface area contributed by atoms with Crippen molar-refractivity contribution in [3.05, 3.63) is 95.6 Å². The van der Waals surface area contributed by atoms with Crippen LogP contribution in [0.15, 0.2) is 78.9 Å². The van der Waals surface area contributed by atoms with Crippen molar-refractivity contribution in [1.82, 2.24) is 10.2 Å². The molecule has 9 nitrogen and oxygen atoms in total. The molecule has 2 unspecified atom stereocenters. The van der Waals surface area contributed by atoms with Gasteiger partial charge in [-0.25, -0.2) is 4.79 Å². The lowest BCUT2D eigenvalue weighted by Crippen LogP contribution is -2.46. The van der Waals surface area contributed by atoms with Crippen molar-refractivity contribution in [3.8, 4) is 11.5 Å². The molecule has 0 aliphatic carbocycles. The molecule has 0 aromatic heterocycles. The van der Waals surface area contributed by atoms with Gasteiger partial charge in [0.25, 0.3) is 0 Å². The fourth-order valence-electron chi connectivity index (χ4n) is 5.38. The summed E-state index contributed by atoms with van der Waals surface area (Å²) >= 11 is 0. The van der Waals surface area contributed by atoms with E-state index in [1.165, 1.54) is 0 Å². The first-order valence-electron chi connectivity index (χ1n) is 14.0. The maximum Gasteiger partial charge on any atom is 0.408 e. The number of nitrogens with one attached hydrogen (secondary N) is 1. The number of para-hydroxylation sites is 2. The summed E-state index contributed by atoms with van der Waals surface area (Å²) in [6.07, 6.45) is -1.09. The van der Waals surface area contributed by atoms with Crippen molar-refractivity contribution in [2.24, 2.45) is 0 Å². The lowest BCUT2D eigenvalue weighted by molar-refractivity contribution is -0.133. The van der Waals surface area contributed by atoms with Crippen LogP contribution in [0, 0.1) is 0 Å². The zero-order valence-corrected chi connectivity index (χ0v) is 24.8. The Morgan fingerprint density at radius 1 is 0.881 bits per heavy atom. The molecule has 2 atom stereocenters. The monoisotopic (exact) mass is 576 g/mol. The molecule has 3 aromatic carbocycles. The second-order valence-corrected chi connectivity index (χ2v) is 11.2. The second kappa shape index (κ2) is 13.3. The van der Waals surface area contributed by atoms with Gasteiger partial charge in [-0.2, -0.15) is 0 Å². The van der Waals surface area contributed by atoms with Crippen molar-refractivity contribution in [1.29, 1.82) is 0 Å². The maximum atomic E-state index is 13.3. The zero-order valence-electron chi connectivity index (χ0n) is 24.8. The number of methoxy groups -OCH3 is 2. The number of carbonyl (C=O) groups is 2. The second-order valence-electron chi connectivity index (χ2n) is 11.2. The van der Waals surface area contributed by atoms with Crippen LogP contribution in [0.2, 0.25) is 0 Å². The van der Waals surface area contributed by atoms with Gasteiger partial charge in [0.15, 0.2) is 5.60 Å². The van der Waals surface area contributed by atoms with E-state index >= 15 is 0 Å². The van der Waals surface area contributed by atoms with Crippen molar-refractivity contribution < 1.29 is 33.6 Å². The Morgan fingerprint density at radius 2 is 1.43 bits per heavy atom. The third-order valence-electron chi connectivity index (χ3n) is 7.14. The Morgan fingerprint density at radius 3 is 1.98 bits per heavy atom. The lowest BCUT2D eigenvalue weighted by atomic mass is 9.79. The summed E-state index contributed by atoms with van der Waals surface area (Å²) < 4.78 is 23.9. The van der Waals surface area contributed by atoms with E-state index in [0.717, 1.165) is 16.7 Å². The van der Waals surface area contributed by atoms with Gasteiger partial charge in [0.05, 0.1) is 33.0 Å². The van der Waals surface area contributed by atoms with Crippen LogP contribution in [-0.4, -0.2) is 73.7 Å². The predicted octanol–water partition coefficient (Wildman–Crippen LogP) is 4.50. The minimum Gasteiger partial charge on any atom is -0.496 e. The van der Waals surface area contributed by atoms with Crippen molar-refractivity contribution in [2.75, 3.05) is 33.9 Å². The van der Waals surface area contributed by atoms with Crippen LogP contribution in [0.25, 0.3) is 0 Å². The first-order chi connectivity index (χ1) is 20.1. The van der Waals surface area contributed by atoms with Gasteiger partial charge in [-0.15, -0.1) is 0 Å². The van der Waals surface area contributed by atoms with Crippen LogP contribution in [0.1, 0.15) is 43.9 Å². The highest BCUT2D eigenvalue weighted by atomic mass is 16.6. The molecule has 1 aliphatic rings. The van der Waals surface area contributed by atoms with Crippen LogP contribution in [0.5, 0.6) is 11.5 Å². The highest BCUT2D eigenvalue weighted by Crippen LogP contribution is 2.47. The van der Waals surface area contributed by atoms with E-state index in [9.17, 15) is 14.7 Å². The number of benzene rings is 3. The van der Waals surface area contributed by atoms with E-state index in [4.69, 9.17) is 18.9 Å². The van der Waals surface area contributed by atoms with E-state index in [0.29, 0.717) is 17.9 Å². The number of rotatable bonds is 10. The Bertz CT molecular complexity index is 1310. The molecule has 3 aromatic rings. The number of aliphatic hydroxyl groups is 1. The largest absolute Gasteiger partial charge is 0.496 e. The molecule has 2 N–H and O–H groups in total. The fraction of sp³-hybridized carbons (Fsp3) is 0.394. The topological polar surface area (TPSA) is 107 Å². The Hall–Kier alpha value is -4.08. The third kappa shape index (κ3) is 6.86. The van der Waals surface area contributed by atoms with Gasteiger partial charge in [0.2, 0.25) is 5.91 Å². The summed E-state index contributed by atoms with van der Waals surface area (Å²) in [6.45, 7) is 5.20. The highest BCUT2D eigenvalue weighted by Gasteiger charge is 2.44.